The molecular formula is C26H32N4O3. The summed E-state index contributed by atoms with van der Waals surface area (Å²) in [5.41, 5.74) is 2.05. The maximum absolute atomic E-state index is 13.2. The Morgan fingerprint density at radius 2 is 1.52 bits per heavy atom. The number of carbonyl (C=O) groups excluding carboxylic acids is 3. The molecule has 4 amide bonds. The minimum atomic E-state index is -0.664. The van der Waals surface area contributed by atoms with E-state index < -0.39 is 18.1 Å². The summed E-state index contributed by atoms with van der Waals surface area (Å²) in [7, 11) is 0. The van der Waals surface area contributed by atoms with Crippen LogP contribution in [0.15, 0.2) is 60.7 Å². The Morgan fingerprint density at radius 3 is 2.18 bits per heavy atom. The Morgan fingerprint density at radius 1 is 0.879 bits per heavy atom. The molecule has 2 aromatic rings. The van der Waals surface area contributed by atoms with E-state index in [1.54, 1.807) is 4.90 Å². The van der Waals surface area contributed by atoms with E-state index >= 15 is 0 Å². The lowest BCUT2D eigenvalue weighted by Crippen LogP contribution is -2.55. The summed E-state index contributed by atoms with van der Waals surface area (Å²) in [5, 5.41) is 5.67. The van der Waals surface area contributed by atoms with Crippen molar-refractivity contribution in [2.45, 2.75) is 50.7 Å². The molecule has 2 aliphatic heterocycles. The summed E-state index contributed by atoms with van der Waals surface area (Å²) >= 11 is 0. The average molecular weight is 449 g/mol. The van der Waals surface area contributed by atoms with Gasteiger partial charge in [-0.3, -0.25) is 9.59 Å². The van der Waals surface area contributed by atoms with Crippen molar-refractivity contribution in [1.82, 2.24) is 20.4 Å². The molecule has 2 N–H and O–H groups in total. The number of amides is 4. The van der Waals surface area contributed by atoms with E-state index in [1.807, 2.05) is 65.6 Å². The van der Waals surface area contributed by atoms with Gasteiger partial charge in [0, 0.05) is 32.6 Å². The van der Waals surface area contributed by atoms with E-state index in [-0.39, 0.29) is 11.8 Å². The van der Waals surface area contributed by atoms with Crippen LogP contribution in [0.3, 0.4) is 0 Å². The quantitative estimate of drug-likeness (QED) is 0.683. The molecule has 33 heavy (non-hydrogen) atoms. The number of carbonyl (C=O) groups is 3. The zero-order valence-electron chi connectivity index (χ0n) is 18.9. The van der Waals surface area contributed by atoms with Crippen molar-refractivity contribution in [3.05, 3.63) is 71.8 Å². The van der Waals surface area contributed by atoms with E-state index in [4.69, 9.17) is 0 Å². The van der Waals surface area contributed by atoms with E-state index in [2.05, 4.69) is 10.6 Å². The van der Waals surface area contributed by atoms with Gasteiger partial charge in [0.25, 0.3) is 0 Å². The molecule has 2 saturated heterocycles. The van der Waals surface area contributed by atoms with E-state index in [9.17, 15) is 14.4 Å². The van der Waals surface area contributed by atoms with Crippen molar-refractivity contribution >= 4 is 17.8 Å². The van der Waals surface area contributed by atoms with Gasteiger partial charge in [-0.1, -0.05) is 60.7 Å². The monoisotopic (exact) mass is 448 g/mol. The van der Waals surface area contributed by atoms with Crippen LogP contribution in [0.5, 0.6) is 0 Å². The first-order valence-electron chi connectivity index (χ1n) is 11.8. The van der Waals surface area contributed by atoms with Gasteiger partial charge in [0.05, 0.1) is 0 Å². The van der Waals surface area contributed by atoms with Gasteiger partial charge in [-0.25, -0.2) is 4.79 Å². The third-order valence-corrected chi connectivity index (χ3v) is 6.37. The molecular weight excluding hydrogens is 416 g/mol. The van der Waals surface area contributed by atoms with Gasteiger partial charge in [-0.2, -0.15) is 0 Å². The second-order valence-electron chi connectivity index (χ2n) is 8.83. The van der Waals surface area contributed by atoms with Crippen LogP contribution >= 0.6 is 0 Å². The number of likely N-dealkylation sites (tertiary alicyclic amines) is 2. The van der Waals surface area contributed by atoms with Crippen molar-refractivity contribution < 1.29 is 14.4 Å². The van der Waals surface area contributed by atoms with Crippen LogP contribution in [0.4, 0.5) is 4.79 Å². The molecule has 2 aliphatic rings. The first kappa shape index (κ1) is 22.8. The molecule has 4 rings (SSSR count). The Bertz CT molecular complexity index is 945. The Hall–Kier alpha value is -3.35. The molecule has 2 heterocycles. The van der Waals surface area contributed by atoms with E-state index in [0.29, 0.717) is 25.9 Å². The lowest BCUT2D eigenvalue weighted by molar-refractivity contribution is -0.134. The van der Waals surface area contributed by atoms with Crippen LogP contribution in [0.1, 0.15) is 36.8 Å². The van der Waals surface area contributed by atoms with Gasteiger partial charge in [0.2, 0.25) is 11.8 Å². The number of benzene rings is 2. The first-order valence-corrected chi connectivity index (χ1v) is 11.8. The minimum absolute atomic E-state index is 0.0582. The molecule has 2 atom stereocenters. The lowest BCUT2D eigenvalue weighted by atomic mass is 10.0. The smallest absolute Gasteiger partial charge is 0.316 e. The topological polar surface area (TPSA) is 81.8 Å². The highest BCUT2D eigenvalue weighted by atomic mass is 16.2. The van der Waals surface area contributed by atoms with Crippen LogP contribution in [-0.2, 0) is 22.6 Å². The van der Waals surface area contributed by atoms with Crippen LogP contribution < -0.4 is 10.6 Å². The van der Waals surface area contributed by atoms with Gasteiger partial charge in [0.1, 0.15) is 12.1 Å². The summed E-state index contributed by atoms with van der Waals surface area (Å²) < 4.78 is 0. The normalized spacial score (nSPS) is 19.3. The maximum Gasteiger partial charge on any atom is 0.316 e. The molecule has 2 fully saturated rings. The van der Waals surface area contributed by atoms with Crippen molar-refractivity contribution in [2.24, 2.45) is 0 Å². The standard InChI is InChI=1S/C26H32N4O3/c31-24-22(14-17-30(24)19-21-12-6-2-7-13-21)27-26(33)28-23(18-20-10-4-1-5-11-20)25(32)29-15-8-3-9-16-29/h1-2,4-7,10-13,22-23H,3,8-9,14-19H2,(H2,27,28,33). The summed E-state index contributed by atoms with van der Waals surface area (Å²) in [6.45, 7) is 2.58. The predicted molar refractivity (Wildman–Crippen MR) is 126 cm³/mol. The lowest BCUT2D eigenvalue weighted by Gasteiger charge is -2.31. The van der Waals surface area contributed by atoms with Crippen molar-refractivity contribution in [2.75, 3.05) is 19.6 Å². The SMILES string of the molecule is O=C(NC(Cc1ccccc1)C(=O)N1CCCCC1)NC1CCN(Cc2ccccc2)C1=O. The summed E-state index contributed by atoms with van der Waals surface area (Å²) in [4.78, 5) is 42.5. The van der Waals surface area contributed by atoms with Crippen LogP contribution in [0.2, 0.25) is 0 Å². The summed E-state index contributed by atoms with van der Waals surface area (Å²) in [6, 6.07) is 17.8. The highest BCUT2D eigenvalue weighted by molar-refractivity contribution is 5.91. The number of hydrogen-bond acceptors (Lipinski definition) is 3. The number of piperidine rings is 1. The molecule has 0 aliphatic carbocycles. The fourth-order valence-corrected chi connectivity index (χ4v) is 4.58. The fourth-order valence-electron chi connectivity index (χ4n) is 4.58. The maximum atomic E-state index is 13.2. The third kappa shape index (κ3) is 6.12. The second kappa shape index (κ2) is 11.0. The molecule has 2 aromatic carbocycles. The van der Waals surface area contributed by atoms with Crippen molar-refractivity contribution in [3.63, 3.8) is 0 Å². The summed E-state index contributed by atoms with van der Waals surface area (Å²) in [5.74, 6) is -0.145. The predicted octanol–water partition coefficient (Wildman–Crippen LogP) is 2.71. The number of urea groups is 1. The van der Waals surface area contributed by atoms with E-state index in [1.165, 1.54) is 0 Å². The Balaban J connectivity index is 1.36. The van der Waals surface area contributed by atoms with Gasteiger partial charge in [-0.05, 0) is 36.8 Å². The second-order valence-corrected chi connectivity index (χ2v) is 8.83. The van der Waals surface area contributed by atoms with Crippen LogP contribution in [0.25, 0.3) is 0 Å². The van der Waals surface area contributed by atoms with Gasteiger partial charge in [-0.15, -0.1) is 0 Å². The molecule has 0 radical (unpaired) electrons. The average Bonchev–Trinajstić information content (AvgIpc) is 3.18. The first-order chi connectivity index (χ1) is 16.1. The van der Waals surface area contributed by atoms with Crippen LogP contribution in [-0.4, -0.2) is 59.4 Å². The molecule has 7 nitrogen and oxygen atoms in total. The molecule has 0 spiro atoms. The molecule has 7 heteroatoms. The molecule has 0 saturated carbocycles. The number of hydrogen-bond donors (Lipinski definition) is 2. The van der Waals surface area contributed by atoms with E-state index in [0.717, 1.165) is 43.5 Å². The number of rotatable bonds is 7. The Labute approximate surface area is 195 Å². The minimum Gasteiger partial charge on any atom is -0.341 e. The van der Waals surface area contributed by atoms with Gasteiger partial charge < -0.3 is 20.4 Å². The highest BCUT2D eigenvalue weighted by Gasteiger charge is 2.34. The molecule has 0 bridgehead atoms. The summed E-state index contributed by atoms with van der Waals surface area (Å²) in [6.07, 6.45) is 4.09. The fraction of sp³-hybridized carbons (Fsp3) is 0.423. The van der Waals surface area contributed by atoms with Crippen molar-refractivity contribution in [3.8, 4) is 0 Å². The number of nitrogens with zero attached hydrogens (tertiary/aromatic N) is 2. The Kier molecular flexibility index (Phi) is 7.60. The molecule has 174 valence electrons. The third-order valence-electron chi connectivity index (χ3n) is 6.37. The zero-order valence-corrected chi connectivity index (χ0v) is 18.9. The van der Waals surface area contributed by atoms with Gasteiger partial charge in [0.15, 0.2) is 0 Å². The molecule has 0 aromatic heterocycles. The zero-order chi connectivity index (χ0) is 23.0. The largest absolute Gasteiger partial charge is 0.341 e. The molecule has 2 unspecified atom stereocenters. The van der Waals surface area contributed by atoms with Crippen LogP contribution in [0, 0.1) is 0 Å². The van der Waals surface area contributed by atoms with Crippen molar-refractivity contribution in [1.29, 1.82) is 0 Å². The number of nitrogens with one attached hydrogen (secondary N) is 2. The highest BCUT2D eigenvalue weighted by Crippen LogP contribution is 2.16. The van der Waals surface area contributed by atoms with Gasteiger partial charge >= 0.3 is 6.03 Å².